The second kappa shape index (κ2) is 7.70. The molecule has 0 heterocycles. The first kappa shape index (κ1) is 12.5. The molecule has 2 heteroatoms. The van der Waals surface area contributed by atoms with E-state index in [1.807, 2.05) is 0 Å². The summed E-state index contributed by atoms with van der Waals surface area (Å²) in [5.41, 5.74) is 0. The molecule has 0 bridgehead atoms. The molecule has 0 aromatic carbocycles. The summed E-state index contributed by atoms with van der Waals surface area (Å²) in [6.45, 7) is 4.28. The van der Waals surface area contributed by atoms with Crippen molar-refractivity contribution < 1.29 is 4.74 Å². The van der Waals surface area contributed by atoms with Gasteiger partial charge in [0.25, 0.3) is 0 Å². The van der Waals surface area contributed by atoms with Crippen LogP contribution in [-0.2, 0) is 4.74 Å². The molecule has 1 atom stereocenters. The van der Waals surface area contributed by atoms with E-state index in [0.29, 0.717) is 0 Å². The van der Waals surface area contributed by atoms with Crippen LogP contribution < -0.4 is 0 Å². The number of ether oxygens (including phenoxy) is 1. The lowest BCUT2D eigenvalue weighted by Crippen LogP contribution is -2.08. The fourth-order valence-electron chi connectivity index (χ4n) is 2.04. The quantitative estimate of drug-likeness (QED) is 0.498. The maximum absolute atomic E-state index is 5.72. The van der Waals surface area contributed by atoms with Crippen molar-refractivity contribution in [3.63, 3.8) is 0 Å². The molecule has 1 rings (SSSR count). The largest absolute Gasteiger partial charge is 0.381 e. The monoisotopic (exact) mass is 262 g/mol. The first-order valence-electron chi connectivity index (χ1n) is 5.96. The SMILES string of the molecule is CC(CCBr)CCOCC1CCCC1. The Hall–Kier alpha value is 0.440. The third kappa shape index (κ3) is 5.35. The van der Waals surface area contributed by atoms with E-state index in [1.165, 1.54) is 38.5 Å². The van der Waals surface area contributed by atoms with Crippen LogP contribution in [0.4, 0.5) is 0 Å². The fourth-order valence-corrected chi connectivity index (χ4v) is 2.82. The Morgan fingerprint density at radius 2 is 2.00 bits per heavy atom. The highest BCUT2D eigenvalue weighted by molar-refractivity contribution is 9.09. The standard InChI is InChI=1S/C12H23BrO/c1-11(6-8-13)7-9-14-10-12-4-2-3-5-12/h11-12H,2-10H2,1H3. The highest BCUT2D eigenvalue weighted by Crippen LogP contribution is 2.24. The summed E-state index contributed by atoms with van der Waals surface area (Å²) in [4.78, 5) is 0. The molecule has 0 aliphatic heterocycles. The smallest absolute Gasteiger partial charge is 0.0494 e. The lowest BCUT2D eigenvalue weighted by Gasteiger charge is -2.12. The van der Waals surface area contributed by atoms with Gasteiger partial charge >= 0.3 is 0 Å². The topological polar surface area (TPSA) is 9.23 Å². The molecule has 1 nitrogen and oxygen atoms in total. The van der Waals surface area contributed by atoms with Crippen LogP contribution in [0.3, 0.4) is 0 Å². The number of halogens is 1. The number of hydrogen-bond donors (Lipinski definition) is 0. The van der Waals surface area contributed by atoms with Crippen LogP contribution in [0.5, 0.6) is 0 Å². The van der Waals surface area contributed by atoms with Gasteiger partial charge in [-0.25, -0.2) is 0 Å². The third-order valence-corrected chi connectivity index (χ3v) is 3.64. The van der Waals surface area contributed by atoms with E-state index >= 15 is 0 Å². The summed E-state index contributed by atoms with van der Waals surface area (Å²) in [5, 5.41) is 1.12. The van der Waals surface area contributed by atoms with Crippen molar-refractivity contribution >= 4 is 15.9 Å². The van der Waals surface area contributed by atoms with E-state index < -0.39 is 0 Å². The molecule has 0 saturated heterocycles. The Balaban J connectivity index is 1.88. The van der Waals surface area contributed by atoms with Gasteiger partial charge in [0.05, 0.1) is 0 Å². The van der Waals surface area contributed by atoms with Gasteiger partial charge in [-0.05, 0) is 37.5 Å². The lowest BCUT2D eigenvalue weighted by atomic mass is 10.1. The lowest BCUT2D eigenvalue weighted by molar-refractivity contribution is 0.0913. The summed E-state index contributed by atoms with van der Waals surface area (Å²) in [6, 6.07) is 0. The van der Waals surface area contributed by atoms with E-state index in [9.17, 15) is 0 Å². The van der Waals surface area contributed by atoms with Crippen LogP contribution in [0, 0.1) is 11.8 Å². The van der Waals surface area contributed by atoms with Crippen LogP contribution in [0.2, 0.25) is 0 Å². The zero-order chi connectivity index (χ0) is 10.2. The minimum absolute atomic E-state index is 0.804. The minimum atomic E-state index is 0.804. The maximum Gasteiger partial charge on any atom is 0.0494 e. The third-order valence-electron chi connectivity index (χ3n) is 3.19. The Morgan fingerprint density at radius 1 is 1.29 bits per heavy atom. The molecule has 1 aliphatic carbocycles. The normalized spacial score (nSPS) is 20.1. The van der Waals surface area contributed by atoms with E-state index in [2.05, 4.69) is 22.9 Å². The Kier molecular flexibility index (Phi) is 6.88. The predicted molar refractivity (Wildman–Crippen MR) is 65.0 cm³/mol. The van der Waals surface area contributed by atoms with Crippen LogP contribution in [0.15, 0.2) is 0 Å². The van der Waals surface area contributed by atoms with Crippen molar-refractivity contribution in [1.29, 1.82) is 0 Å². The summed E-state index contributed by atoms with van der Waals surface area (Å²) in [7, 11) is 0. The highest BCUT2D eigenvalue weighted by Gasteiger charge is 2.14. The summed E-state index contributed by atoms with van der Waals surface area (Å²) < 4.78 is 5.72. The van der Waals surface area contributed by atoms with Crippen molar-refractivity contribution in [3.05, 3.63) is 0 Å². The van der Waals surface area contributed by atoms with E-state index in [0.717, 1.165) is 30.4 Å². The van der Waals surface area contributed by atoms with Crippen LogP contribution in [0.1, 0.15) is 45.4 Å². The molecule has 0 amide bonds. The van der Waals surface area contributed by atoms with Gasteiger partial charge in [-0.1, -0.05) is 35.7 Å². The van der Waals surface area contributed by atoms with E-state index in [4.69, 9.17) is 4.74 Å². The molecule has 1 saturated carbocycles. The zero-order valence-electron chi connectivity index (χ0n) is 9.30. The Morgan fingerprint density at radius 3 is 2.64 bits per heavy atom. The van der Waals surface area contributed by atoms with Crippen molar-refractivity contribution in [2.24, 2.45) is 11.8 Å². The van der Waals surface area contributed by atoms with Crippen LogP contribution in [-0.4, -0.2) is 18.5 Å². The van der Waals surface area contributed by atoms with Gasteiger partial charge in [-0.2, -0.15) is 0 Å². The predicted octanol–water partition coefficient (Wildman–Crippen LogP) is 4.00. The molecule has 1 unspecified atom stereocenters. The Labute approximate surface area is 96.7 Å². The number of hydrogen-bond acceptors (Lipinski definition) is 1. The fraction of sp³-hybridized carbons (Fsp3) is 1.00. The molecular weight excluding hydrogens is 240 g/mol. The molecular formula is C12H23BrO. The van der Waals surface area contributed by atoms with Gasteiger partial charge in [0.15, 0.2) is 0 Å². The molecule has 0 spiro atoms. The minimum Gasteiger partial charge on any atom is -0.381 e. The zero-order valence-corrected chi connectivity index (χ0v) is 10.9. The second-order valence-electron chi connectivity index (χ2n) is 4.60. The molecule has 14 heavy (non-hydrogen) atoms. The summed E-state index contributed by atoms with van der Waals surface area (Å²) >= 11 is 3.47. The van der Waals surface area contributed by atoms with Crippen molar-refractivity contribution in [2.75, 3.05) is 18.5 Å². The molecule has 0 aromatic heterocycles. The van der Waals surface area contributed by atoms with Gasteiger partial charge in [0.2, 0.25) is 0 Å². The van der Waals surface area contributed by atoms with E-state index in [-0.39, 0.29) is 0 Å². The molecule has 0 aromatic rings. The first-order valence-corrected chi connectivity index (χ1v) is 7.08. The van der Waals surface area contributed by atoms with Gasteiger partial charge in [0, 0.05) is 18.5 Å². The summed E-state index contributed by atoms with van der Waals surface area (Å²) in [6.07, 6.45) is 8.14. The van der Waals surface area contributed by atoms with Crippen molar-refractivity contribution in [1.82, 2.24) is 0 Å². The number of rotatable bonds is 7. The molecule has 1 fully saturated rings. The average molecular weight is 263 g/mol. The Bertz CT molecular complexity index is 132. The maximum atomic E-state index is 5.72. The molecule has 84 valence electrons. The van der Waals surface area contributed by atoms with Crippen LogP contribution >= 0.6 is 15.9 Å². The van der Waals surface area contributed by atoms with Gasteiger partial charge in [-0.3, -0.25) is 0 Å². The first-order chi connectivity index (χ1) is 6.83. The second-order valence-corrected chi connectivity index (χ2v) is 5.39. The van der Waals surface area contributed by atoms with Crippen molar-refractivity contribution in [2.45, 2.75) is 45.4 Å². The molecule has 0 N–H and O–H groups in total. The molecule has 0 radical (unpaired) electrons. The van der Waals surface area contributed by atoms with Gasteiger partial charge < -0.3 is 4.74 Å². The van der Waals surface area contributed by atoms with Gasteiger partial charge in [0.1, 0.15) is 0 Å². The average Bonchev–Trinajstić information content (AvgIpc) is 2.65. The van der Waals surface area contributed by atoms with E-state index in [1.54, 1.807) is 0 Å². The summed E-state index contributed by atoms with van der Waals surface area (Å²) in [5.74, 6) is 1.68. The molecule has 1 aliphatic rings. The van der Waals surface area contributed by atoms with Crippen molar-refractivity contribution in [3.8, 4) is 0 Å². The van der Waals surface area contributed by atoms with Gasteiger partial charge in [-0.15, -0.1) is 0 Å². The highest BCUT2D eigenvalue weighted by atomic mass is 79.9. The number of alkyl halides is 1. The van der Waals surface area contributed by atoms with Crippen LogP contribution in [0.25, 0.3) is 0 Å².